The summed E-state index contributed by atoms with van der Waals surface area (Å²) in [7, 11) is 0. The van der Waals surface area contributed by atoms with Crippen LogP contribution in [0.2, 0.25) is 5.02 Å². The van der Waals surface area contributed by atoms with Crippen LogP contribution in [0.15, 0.2) is 60.7 Å². The highest BCUT2D eigenvalue weighted by atomic mass is 35.5. The van der Waals surface area contributed by atoms with Crippen LogP contribution in [0.1, 0.15) is 28.4 Å². The molecule has 1 unspecified atom stereocenters. The number of benzene rings is 3. The Morgan fingerprint density at radius 2 is 1.73 bits per heavy atom. The summed E-state index contributed by atoms with van der Waals surface area (Å²) < 4.78 is 0. The van der Waals surface area contributed by atoms with Crippen molar-refractivity contribution in [1.29, 1.82) is 0 Å². The van der Waals surface area contributed by atoms with E-state index in [0.717, 1.165) is 13.1 Å². The Labute approximate surface area is 218 Å². The third-order valence-electron chi connectivity index (χ3n) is 7.07. The van der Waals surface area contributed by atoms with Gasteiger partial charge in [-0.2, -0.15) is 0 Å². The molecule has 190 valence electrons. The van der Waals surface area contributed by atoms with Gasteiger partial charge < -0.3 is 20.2 Å². The number of Topliss-reactive ketones (excluding diaryl/α,β-unsaturated/α-hetero) is 1. The quantitative estimate of drug-likeness (QED) is 0.296. The van der Waals surface area contributed by atoms with E-state index >= 15 is 0 Å². The highest BCUT2D eigenvalue weighted by molar-refractivity contribution is 6.34. The van der Waals surface area contributed by atoms with Crippen molar-refractivity contribution < 1.29 is 19.6 Å². The number of carbonyl (C=O) groups is 2. The third kappa shape index (κ3) is 4.30. The Bertz CT molecular complexity index is 1400. The van der Waals surface area contributed by atoms with Crippen molar-refractivity contribution in [2.24, 2.45) is 0 Å². The fraction of sp³-hybridized carbons (Fsp3) is 0.259. The first-order chi connectivity index (χ1) is 17.7. The van der Waals surface area contributed by atoms with Crippen molar-refractivity contribution in [2.75, 3.05) is 36.0 Å². The van der Waals surface area contributed by atoms with Crippen LogP contribution in [0.4, 0.5) is 17.1 Å². The molecule has 10 heteroatoms. The fourth-order valence-electron chi connectivity index (χ4n) is 5.06. The van der Waals surface area contributed by atoms with E-state index < -0.39 is 16.2 Å². The van der Waals surface area contributed by atoms with Gasteiger partial charge in [-0.05, 0) is 42.3 Å². The van der Waals surface area contributed by atoms with Gasteiger partial charge >= 0.3 is 0 Å². The Morgan fingerprint density at radius 1 is 1.05 bits per heavy atom. The molecule has 0 aliphatic carbocycles. The minimum atomic E-state index is -1.59. The van der Waals surface area contributed by atoms with Gasteiger partial charge in [0.15, 0.2) is 5.78 Å². The Morgan fingerprint density at radius 3 is 2.41 bits per heavy atom. The van der Waals surface area contributed by atoms with Crippen molar-refractivity contribution >= 4 is 40.4 Å². The number of nitro groups is 1. The lowest BCUT2D eigenvalue weighted by Crippen LogP contribution is -2.55. The molecule has 3 aromatic rings. The molecule has 2 heterocycles. The van der Waals surface area contributed by atoms with E-state index in [0.29, 0.717) is 46.2 Å². The molecule has 9 nitrogen and oxygen atoms in total. The van der Waals surface area contributed by atoms with Crippen LogP contribution in [0, 0.1) is 10.1 Å². The lowest BCUT2D eigenvalue weighted by molar-refractivity contribution is -0.384. The average molecular weight is 521 g/mol. The number of ketones is 1. The topological polar surface area (TPSA) is 116 Å². The number of amides is 1. The van der Waals surface area contributed by atoms with Gasteiger partial charge in [0.1, 0.15) is 11.2 Å². The Balaban J connectivity index is 1.71. The van der Waals surface area contributed by atoms with Crippen LogP contribution in [-0.4, -0.2) is 47.9 Å². The molecule has 1 fully saturated rings. The Hall–Kier alpha value is -3.95. The second-order valence-electron chi connectivity index (χ2n) is 9.38. The van der Waals surface area contributed by atoms with Gasteiger partial charge in [-0.15, -0.1) is 0 Å². The lowest BCUT2D eigenvalue weighted by Gasteiger charge is -2.42. The van der Waals surface area contributed by atoms with Gasteiger partial charge in [0.2, 0.25) is 5.91 Å². The number of halogens is 1. The fourth-order valence-corrected chi connectivity index (χ4v) is 5.27. The summed E-state index contributed by atoms with van der Waals surface area (Å²) in [6.07, 6.45) is 0. The molecule has 1 amide bonds. The van der Waals surface area contributed by atoms with Gasteiger partial charge in [-0.3, -0.25) is 19.7 Å². The van der Waals surface area contributed by atoms with Crippen LogP contribution < -0.4 is 15.1 Å². The highest BCUT2D eigenvalue weighted by Crippen LogP contribution is 2.46. The number of fused-ring (bicyclic) bond motifs is 1. The molecule has 2 aliphatic rings. The molecule has 1 saturated heterocycles. The number of phenols is 1. The molecular weight excluding hydrogens is 496 g/mol. The Kier molecular flexibility index (Phi) is 6.35. The van der Waals surface area contributed by atoms with Crippen LogP contribution in [0.3, 0.4) is 0 Å². The van der Waals surface area contributed by atoms with E-state index in [1.165, 1.54) is 29.2 Å². The van der Waals surface area contributed by atoms with Crippen LogP contribution in [-0.2, 0) is 16.8 Å². The van der Waals surface area contributed by atoms with Crippen molar-refractivity contribution in [3.63, 3.8) is 0 Å². The number of hydrogen-bond donors (Lipinski definition) is 2. The second kappa shape index (κ2) is 9.49. The van der Waals surface area contributed by atoms with E-state index in [2.05, 4.69) is 10.2 Å². The molecule has 2 aliphatic heterocycles. The number of rotatable bonds is 5. The van der Waals surface area contributed by atoms with E-state index in [4.69, 9.17) is 11.6 Å². The number of non-ortho nitro benzene ring substituents is 1. The zero-order valence-corrected chi connectivity index (χ0v) is 20.9. The minimum absolute atomic E-state index is 0.00973. The van der Waals surface area contributed by atoms with Gasteiger partial charge in [-0.1, -0.05) is 35.9 Å². The number of hydrogen-bond acceptors (Lipinski definition) is 7. The maximum atomic E-state index is 14.3. The van der Waals surface area contributed by atoms with E-state index in [9.17, 15) is 24.8 Å². The summed E-state index contributed by atoms with van der Waals surface area (Å²) in [5.74, 6) is -0.820. The SMILES string of the molecule is CC1(c2ccc(O)cc2)C(=O)c2c(N3CCNCC3)cc(Cl)cc2N(Cc2cccc([N+](=O)[O-])c2)C1=O. The van der Waals surface area contributed by atoms with Gasteiger partial charge in [0.05, 0.1) is 28.4 Å². The molecule has 37 heavy (non-hydrogen) atoms. The zero-order chi connectivity index (χ0) is 26.3. The van der Waals surface area contributed by atoms with Gasteiger partial charge in [0.25, 0.3) is 5.69 Å². The first-order valence-corrected chi connectivity index (χ1v) is 12.3. The summed E-state index contributed by atoms with van der Waals surface area (Å²) in [5.41, 5.74) is 0.710. The number of piperazine rings is 1. The largest absolute Gasteiger partial charge is 0.508 e. The molecule has 0 radical (unpaired) electrons. The third-order valence-corrected chi connectivity index (χ3v) is 7.29. The van der Waals surface area contributed by atoms with Crippen LogP contribution in [0.25, 0.3) is 0 Å². The number of nitro benzene ring substituents is 1. The number of aromatic hydroxyl groups is 1. The summed E-state index contributed by atoms with van der Waals surface area (Å²) in [6, 6.07) is 15.5. The van der Waals surface area contributed by atoms with E-state index in [-0.39, 0.29) is 23.8 Å². The van der Waals surface area contributed by atoms with Gasteiger partial charge in [-0.25, -0.2) is 0 Å². The molecule has 2 N–H and O–H groups in total. The number of phenolic OH excluding ortho intramolecular Hbond substituents is 1. The molecule has 1 atom stereocenters. The van der Waals surface area contributed by atoms with Crippen LogP contribution >= 0.6 is 11.6 Å². The first-order valence-electron chi connectivity index (χ1n) is 11.9. The van der Waals surface area contributed by atoms with Crippen molar-refractivity contribution in [3.8, 4) is 5.75 Å². The van der Waals surface area contributed by atoms with E-state index in [1.807, 2.05) is 0 Å². The lowest BCUT2D eigenvalue weighted by atomic mass is 9.71. The average Bonchev–Trinajstić information content (AvgIpc) is 2.90. The van der Waals surface area contributed by atoms with Crippen LogP contribution in [0.5, 0.6) is 5.75 Å². The minimum Gasteiger partial charge on any atom is -0.508 e. The summed E-state index contributed by atoms with van der Waals surface area (Å²) in [5, 5.41) is 24.9. The molecule has 0 bridgehead atoms. The first kappa shape index (κ1) is 24.7. The molecule has 5 rings (SSSR count). The predicted octanol–water partition coefficient (Wildman–Crippen LogP) is 4.05. The molecular formula is C27H25ClN4O5. The van der Waals surface area contributed by atoms with Gasteiger partial charge in [0, 0.05) is 43.3 Å². The standard InChI is InChI=1S/C27H25ClN4O5/c1-27(18-5-7-21(33)8-6-18)25(34)24-22(30-11-9-29-10-12-30)14-19(28)15-23(24)31(26(27)35)16-17-3-2-4-20(13-17)32(36)37/h2-8,13-15,29,33H,9-12,16H2,1H3. The normalized spacial score (nSPS) is 19.6. The van der Waals surface area contributed by atoms with Crippen molar-refractivity contribution in [1.82, 2.24) is 5.32 Å². The monoisotopic (exact) mass is 520 g/mol. The molecule has 0 aromatic heterocycles. The molecule has 0 saturated carbocycles. The van der Waals surface area contributed by atoms with Crippen molar-refractivity contribution in [2.45, 2.75) is 18.9 Å². The smallest absolute Gasteiger partial charge is 0.269 e. The number of nitrogens with zero attached hydrogens (tertiary/aromatic N) is 3. The maximum absolute atomic E-state index is 14.3. The molecule has 3 aromatic carbocycles. The number of nitrogens with one attached hydrogen (secondary N) is 1. The van der Waals surface area contributed by atoms with E-state index in [1.54, 1.807) is 43.3 Å². The summed E-state index contributed by atoms with van der Waals surface area (Å²) >= 11 is 6.53. The predicted molar refractivity (Wildman–Crippen MR) is 141 cm³/mol. The number of carbonyl (C=O) groups excluding carboxylic acids is 2. The highest BCUT2D eigenvalue weighted by Gasteiger charge is 2.52. The second-order valence-corrected chi connectivity index (χ2v) is 9.81. The summed E-state index contributed by atoms with van der Waals surface area (Å²) in [6.45, 7) is 4.39. The number of anilines is 2. The zero-order valence-electron chi connectivity index (χ0n) is 20.1. The van der Waals surface area contributed by atoms with Crippen molar-refractivity contribution in [3.05, 3.63) is 92.5 Å². The maximum Gasteiger partial charge on any atom is 0.269 e. The molecule has 0 spiro atoms. The summed E-state index contributed by atoms with van der Waals surface area (Å²) in [4.78, 5) is 42.9.